The molecule has 0 heterocycles. The molecule has 0 spiro atoms. The van der Waals surface area contributed by atoms with Crippen molar-refractivity contribution in [3.05, 3.63) is 63.9 Å². The fraction of sp³-hybridized carbons (Fsp3) is 0.250. The maximum absolute atomic E-state index is 13.3. The summed E-state index contributed by atoms with van der Waals surface area (Å²) in [5, 5.41) is 4.55. The molecule has 4 heteroatoms. The van der Waals surface area contributed by atoms with Gasteiger partial charge in [0.2, 0.25) is 0 Å². The quantitative estimate of drug-likeness (QED) is 0.790. The zero-order chi connectivity index (χ0) is 14.1. The summed E-state index contributed by atoms with van der Waals surface area (Å²) in [6.45, 7) is 0. The van der Waals surface area contributed by atoms with Crippen molar-refractivity contribution in [3.63, 3.8) is 0 Å². The summed E-state index contributed by atoms with van der Waals surface area (Å²) in [5.41, 5.74) is 1.93. The SMILES string of the molecule is Fc1cc(Cl)cc(NC2CC(c3ccccc3Cl)C2)c1. The highest BCUT2D eigenvalue weighted by Gasteiger charge is 2.31. The van der Waals surface area contributed by atoms with Gasteiger partial charge in [0.25, 0.3) is 0 Å². The van der Waals surface area contributed by atoms with Crippen molar-refractivity contribution in [2.75, 3.05) is 5.32 Å². The fourth-order valence-electron chi connectivity index (χ4n) is 2.67. The van der Waals surface area contributed by atoms with E-state index in [-0.39, 0.29) is 5.82 Å². The van der Waals surface area contributed by atoms with Crippen LogP contribution in [-0.4, -0.2) is 6.04 Å². The van der Waals surface area contributed by atoms with Crippen LogP contribution in [0.4, 0.5) is 10.1 Å². The minimum Gasteiger partial charge on any atom is -0.382 e. The van der Waals surface area contributed by atoms with Crippen LogP contribution >= 0.6 is 23.2 Å². The van der Waals surface area contributed by atoms with Gasteiger partial charge in [0.05, 0.1) is 0 Å². The molecule has 1 aliphatic carbocycles. The van der Waals surface area contributed by atoms with E-state index in [4.69, 9.17) is 23.2 Å². The molecule has 0 atom stereocenters. The molecular weight excluding hydrogens is 296 g/mol. The lowest BCUT2D eigenvalue weighted by molar-refractivity contribution is 0.374. The first kappa shape index (κ1) is 13.7. The summed E-state index contributed by atoms with van der Waals surface area (Å²) < 4.78 is 13.3. The third-order valence-corrected chi connectivity index (χ3v) is 4.28. The van der Waals surface area contributed by atoms with E-state index in [0.717, 1.165) is 23.6 Å². The molecule has 0 aliphatic heterocycles. The minimum absolute atomic E-state index is 0.318. The summed E-state index contributed by atoms with van der Waals surface area (Å²) in [4.78, 5) is 0. The van der Waals surface area contributed by atoms with Crippen molar-refractivity contribution in [2.24, 2.45) is 0 Å². The zero-order valence-electron chi connectivity index (χ0n) is 10.7. The van der Waals surface area contributed by atoms with Crippen molar-refractivity contribution >= 4 is 28.9 Å². The van der Waals surface area contributed by atoms with Crippen LogP contribution in [0.15, 0.2) is 42.5 Å². The van der Waals surface area contributed by atoms with Gasteiger partial charge in [0.1, 0.15) is 5.82 Å². The van der Waals surface area contributed by atoms with Crippen molar-refractivity contribution in [1.29, 1.82) is 0 Å². The van der Waals surface area contributed by atoms with E-state index in [1.54, 1.807) is 6.07 Å². The van der Waals surface area contributed by atoms with Crippen LogP contribution in [0.25, 0.3) is 0 Å². The standard InChI is InChI=1S/C16H14Cl2FN/c17-11-7-12(19)9-14(8-11)20-13-5-10(6-13)15-3-1-2-4-16(15)18/h1-4,7-10,13,20H,5-6H2. The van der Waals surface area contributed by atoms with E-state index in [9.17, 15) is 4.39 Å². The van der Waals surface area contributed by atoms with E-state index >= 15 is 0 Å². The first-order valence-electron chi connectivity index (χ1n) is 6.59. The van der Waals surface area contributed by atoms with Crippen molar-refractivity contribution in [3.8, 4) is 0 Å². The average molecular weight is 310 g/mol. The van der Waals surface area contributed by atoms with Crippen LogP contribution in [0, 0.1) is 5.82 Å². The van der Waals surface area contributed by atoms with Crippen LogP contribution < -0.4 is 5.32 Å². The van der Waals surface area contributed by atoms with Crippen LogP contribution in [0.1, 0.15) is 24.3 Å². The lowest BCUT2D eigenvalue weighted by atomic mass is 9.76. The topological polar surface area (TPSA) is 12.0 Å². The Labute approximate surface area is 127 Å². The Morgan fingerprint density at radius 3 is 2.50 bits per heavy atom. The molecule has 1 aliphatic rings. The summed E-state index contributed by atoms with van der Waals surface area (Å²) in [6, 6.07) is 12.8. The molecule has 2 aromatic carbocycles. The second kappa shape index (κ2) is 5.63. The Balaban J connectivity index is 1.62. The molecule has 2 aromatic rings. The van der Waals surface area contributed by atoms with Gasteiger partial charge < -0.3 is 5.32 Å². The Morgan fingerprint density at radius 1 is 1.05 bits per heavy atom. The molecular formula is C16H14Cl2FN. The first-order valence-corrected chi connectivity index (χ1v) is 7.34. The fourth-order valence-corrected chi connectivity index (χ4v) is 3.18. The number of anilines is 1. The second-order valence-corrected chi connectivity index (χ2v) is 6.03. The third-order valence-electron chi connectivity index (χ3n) is 3.72. The maximum Gasteiger partial charge on any atom is 0.126 e. The zero-order valence-corrected chi connectivity index (χ0v) is 12.3. The molecule has 1 saturated carbocycles. The molecule has 0 unspecified atom stereocenters. The van der Waals surface area contributed by atoms with Crippen LogP contribution in [-0.2, 0) is 0 Å². The Hall–Kier alpha value is -1.25. The molecule has 3 rings (SSSR count). The predicted molar refractivity (Wildman–Crippen MR) is 82.2 cm³/mol. The molecule has 1 nitrogen and oxygen atoms in total. The van der Waals surface area contributed by atoms with Crippen LogP contribution in [0.2, 0.25) is 10.0 Å². The molecule has 104 valence electrons. The first-order chi connectivity index (χ1) is 9.61. The lowest BCUT2D eigenvalue weighted by Crippen LogP contribution is -2.34. The van der Waals surface area contributed by atoms with Gasteiger partial charge in [-0.25, -0.2) is 4.39 Å². The molecule has 1 N–H and O–H groups in total. The summed E-state index contributed by atoms with van der Waals surface area (Å²) in [5.74, 6) is 0.159. The third kappa shape index (κ3) is 2.92. The number of nitrogens with one attached hydrogen (secondary N) is 1. The van der Waals surface area contributed by atoms with Crippen molar-refractivity contribution in [1.82, 2.24) is 0 Å². The smallest absolute Gasteiger partial charge is 0.126 e. The molecule has 0 bridgehead atoms. The van der Waals surface area contributed by atoms with Gasteiger partial charge in [0, 0.05) is 21.8 Å². The number of benzene rings is 2. The normalized spacial score (nSPS) is 21.4. The maximum atomic E-state index is 13.3. The molecule has 1 fully saturated rings. The van der Waals surface area contributed by atoms with Gasteiger partial charge in [-0.1, -0.05) is 41.4 Å². The van der Waals surface area contributed by atoms with Crippen molar-refractivity contribution < 1.29 is 4.39 Å². The summed E-state index contributed by atoms with van der Waals surface area (Å²) in [7, 11) is 0. The van der Waals surface area contributed by atoms with Crippen molar-refractivity contribution in [2.45, 2.75) is 24.8 Å². The second-order valence-electron chi connectivity index (χ2n) is 5.19. The average Bonchev–Trinajstić information content (AvgIpc) is 2.33. The highest BCUT2D eigenvalue weighted by atomic mass is 35.5. The number of halogens is 3. The molecule has 20 heavy (non-hydrogen) atoms. The van der Waals surface area contributed by atoms with Gasteiger partial charge in [-0.2, -0.15) is 0 Å². The highest BCUT2D eigenvalue weighted by Crippen LogP contribution is 2.41. The van der Waals surface area contributed by atoms with E-state index in [2.05, 4.69) is 11.4 Å². The van der Waals surface area contributed by atoms with E-state index < -0.39 is 0 Å². The van der Waals surface area contributed by atoms with Gasteiger partial charge in [-0.15, -0.1) is 0 Å². The van der Waals surface area contributed by atoms with Crippen LogP contribution in [0.5, 0.6) is 0 Å². The molecule has 0 aromatic heterocycles. The lowest BCUT2D eigenvalue weighted by Gasteiger charge is -2.37. The van der Waals surface area contributed by atoms with Crippen LogP contribution in [0.3, 0.4) is 0 Å². The van der Waals surface area contributed by atoms with Gasteiger partial charge in [-0.3, -0.25) is 0 Å². The Kier molecular flexibility index (Phi) is 3.86. The monoisotopic (exact) mass is 309 g/mol. The number of rotatable bonds is 3. The van der Waals surface area contributed by atoms with E-state index in [1.165, 1.54) is 17.7 Å². The number of hydrogen-bond acceptors (Lipinski definition) is 1. The highest BCUT2D eigenvalue weighted by molar-refractivity contribution is 6.31. The van der Waals surface area contributed by atoms with Gasteiger partial charge in [0.15, 0.2) is 0 Å². The summed E-state index contributed by atoms with van der Waals surface area (Å²) >= 11 is 12.0. The predicted octanol–water partition coefficient (Wildman–Crippen LogP) is 5.49. The van der Waals surface area contributed by atoms with Gasteiger partial charge in [-0.05, 0) is 48.6 Å². The Bertz CT molecular complexity index is 603. The minimum atomic E-state index is -0.318. The molecule has 0 radical (unpaired) electrons. The molecule has 0 amide bonds. The summed E-state index contributed by atoms with van der Waals surface area (Å²) in [6.07, 6.45) is 2.00. The van der Waals surface area contributed by atoms with E-state index in [0.29, 0.717) is 17.0 Å². The van der Waals surface area contributed by atoms with Gasteiger partial charge >= 0.3 is 0 Å². The van der Waals surface area contributed by atoms with E-state index in [1.807, 2.05) is 18.2 Å². The Morgan fingerprint density at radius 2 is 1.80 bits per heavy atom. The molecule has 0 saturated heterocycles. The largest absolute Gasteiger partial charge is 0.382 e. The number of hydrogen-bond donors (Lipinski definition) is 1.